The summed E-state index contributed by atoms with van der Waals surface area (Å²) in [6, 6.07) is 0. The Bertz CT molecular complexity index is 958. The van der Waals surface area contributed by atoms with Crippen LogP contribution in [0.3, 0.4) is 0 Å². The third-order valence-corrected chi connectivity index (χ3v) is 8.67. The molecule has 0 bridgehead atoms. The van der Waals surface area contributed by atoms with Gasteiger partial charge in [-0.25, -0.2) is 0 Å². The van der Waals surface area contributed by atoms with E-state index in [-0.39, 0.29) is 19.2 Å². The zero-order valence-electron chi connectivity index (χ0n) is 31.8. The summed E-state index contributed by atoms with van der Waals surface area (Å²) in [4.78, 5) is 12.7. The van der Waals surface area contributed by atoms with Gasteiger partial charge in [0.2, 0.25) is 0 Å². The van der Waals surface area contributed by atoms with Gasteiger partial charge in [-0.15, -0.1) is 0 Å². The van der Waals surface area contributed by atoms with E-state index in [1.54, 1.807) is 0 Å². The molecule has 0 aromatic heterocycles. The van der Waals surface area contributed by atoms with Gasteiger partial charge in [-0.05, 0) is 70.6 Å². The number of esters is 1. The minimum absolute atomic E-state index is 0.101. The first-order valence-electron chi connectivity index (χ1n) is 19.9. The number of hydrogen-bond donors (Lipinski definition) is 4. The first kappa shape index (κ1) is 46.9. The van der Waals surface area contributed by atoms with Crippen molar-refractivity contribution in [2.75, 3.05) is 26.4 Å². The summed E-state index contributed by atoms with van der Waals surface area (Å²) in [6.07, 6.45) is 34.0. The molecule has 1 aliphatic rings. The Hall–Kier alpha value is -2.11. The summed E-state index contributed by atoms with van der Waals surface area (Å²) in [7, 11) is 0. The SMILES string of the molecule is CC/C=C\C/C=C\C/C=C\C/C=C\CCCOCC(COC1OC(CO)C(O)C(O)C1O)OC(=O)CCCCCCC/C=C\CCCCCCC. The topological polar surface area (TPSA) is 135 Å². The molecule has 1 saturated heterocycles. The van der Waals surface area contributed by atoms with Gasteiger partial charge in [-0.3, -0.25) is 4.79 Å². The number of unbranched alkanes of at least 4 members (excludes halogenated alkanes) is 11. The minimum atomic E-state index is -1.55. The highest BCUT2D eigenvalue weighted by Crippen LogP contribution is 2.22. The molecule has 6 atom stereocenters. The molecule has 0 spiro atoms. The smallest absolute Gasteiger partial charge is 0.306 e. The highest BCUT2D eigenvalue weighted by molar-refractivity contribution is 5.69. The molecule has 0 saturated carbocycles. The fourth-order valence-electron chi connectivity index (χ4n) is 5.55. The molecule has 6 unspecified atom stereocenters. The Morgan fingerprint density at radius 1 is 0.647 bits per heavy atom. The predicted molar refractivity (Wildman–Crippen MR) is 205 cm³/mol. The van der Waals surface area contributed by atoms with E-state index in [0.29, 0.717) is 13.0 Å². The quantitative estimate of drug-likeness (QED) is 0.0310. The fraction of sp³-hybridized carbons (Fsp3) is 0.738. The van der Waals surface area contributed by atoms with Gasteiger partial charge in [0.05, 0.1) is 19.8 Å². The molecular formula is C42H72O9. The molecule has 1 rings (SSSR count). The second kappa shape index (κ2) is 33.7. The zero-order chi connectivity index (χ0) is 37.2. The van der Waals surface area contributed by atoms with E-state index in [1.165, 1.54) is 38.5 Å². The molecule has 1 aliphatic heterocycles. The van der Waals surface area contributed by atoms with Crippen molar-refractivity contribution in [1.82, 2.24) is 0 Å². The second-order valence-corrected chi connectivity index (χ2v) is 13.3. The molecule has 4 N–H and O–H groups in total. The lowest BCUT2D eigenvalue weighted by Crippen LogP contribution is -2.59. The van der Waals surface area contributed by atoms with E-state index < -0.39 is 43.4 Å². The highest BCUT2D eigenvalue weighted by atomic mass is 16.7. The molecule has 0 aromatic rings. The minimum Gasteiger partial charge on any atom is -0.457 e. The predicted octanol–water partition coefficient (Wildman–Crippen LogP) is 7.96. The van der Waals surface area contributed by atoms with Crippen molar-refractivity contribution < 1.29 is 44.2 Å². The van der Waals surface area contributed by atoms with E-state index in [9.17, 15) is 25.2 Å². The average molecular weight is 721 g/mol. The maximum atomic E-state index is 12.7. The monoisotopic (exact) mass is 721 g/mol. The molecule has 0 amide bonds. The number of aliphatic hydroxyl groups excluding tert-OH is 4. The van der Waals surface area contributed by atoms with Crippen LogP contribution in [0.2, 0.25) is 0 Å². The van der Waals surface area contributed by atoms with Crippen LogP contribution in [0, 0.1) is 0 Å². The molecule has 1 heterocycles. The summed E-state index contributed by atoms with van der Waals surface area (Å²) in [5.41, 5.74) is 0. The van der Waals surface area contributed by atoms with E-state index >= 15 is 0 Å². The summed E-state index contributed by atoms with van der Waals surface area (Å²) in [5.74, 6) is -0.345. The molecule has 1 fully saturated rings. The van der Waals surface area contributed by atoms with Crippen molar-refractivity contribution in [3.8, 4) is 0 Å². The highest BCUT2D eigenvalue weighted by Gasteiger charge is 2.44. The number of allylic oxidation sites excluding steroid dienone is 10. The van der Waals surface area contributed by atoms with Gasteiger partial charge in [-0.2, -0.15) is 0 Å². The molecule has 9 nitrogen and oxygen atoms in total. The van der Waals surface area contributed by atoms with Gasteiger partial charge in [0.25, 0.3) is 0 Å². The number of rotatable bonds is 32. The van der Waals surface area contributed by atoms with Crippen LogP contribution < -0.4 is 0 Å². The van der Waals surface area contributed by atoms with Crippen molar-refractivity contribution >= 4 is 5.97 Å². The van der Waals surface area contributed by atoms with Crippen LogP contribution in [0.15, 0.2) is 60.8 Å². The molecule has 0 radical (unpaired) electrons. The first-order chi connectivity index (χ1) is 24.9. The Labute approximate surface area is 309 Å². The van der Waals surface area contributed by atoms with Crippen LogP contribution in [0.1, 0.15) is 136 Å². The number of carbonyl (C=O) groups is 1. The standard InChI is InChI=1S/C42H72O9/c1-3-5-7-9-11-13-15-17-19-21-23-25-27-29-31-38(44)50-36(35-49-42-41(47)40(46)39(45)37(33-43)51-42)34-48-32-30-28-26-24-22-20-18-16-14-12-10-8-6-4-2/h6,8,12,14-15,17-18,20,24,26,36-37,39-43,45-47H,3-5,7,9-11,13,16,19,21-23,25,27-35H2,1-2H3/b8-6-,14-12-,17-15-,20-18-,26-24-. The molecule has 9 heteroatoms. The third-order valence-electron chi connectivity index (χ3n) is 8.67. The Kier molecular flexibility index (Phi) is 31.0. The lowest BCUT2D eigenvalue weighted by Gasteiger charge is -2.39. The zero-order valence-corrected chi connectivity index (χ0v) is 31.8. The van der Waals surface area contributed by atoms with E-state index in [0.717, 1.165) is 77.0 Å². The summed E-state index contributed by atoms with van der Waals surface area (Å²) >= 11 is 0. The fourth-order valence-corrected chi connectivity index (χ4v) is 5.55. The lowest BCUT2D eigenvalue weighted by molar-refractivity contribution is -0.305. The molecular weight excluding hydrogens is 648 g/mol. The summed E-state index contributed by atoms with van der Waals surface area (Å²) < 4.78 is 22.6. The van der Waals surface area contributed by atoms with Gasteiger partial charge < -0.3 is 39.4 Å². The maximum Gasteiger partial charge on any atom is 0.306 e. The molecule has 0 aromatic carbocycles. The molecule has 51 heavy (non-hydrogen) atoms. The lowest BCUT2D eigenvalue weighted by atomic mass is 9.99. The number of ether oxygens (including phenoxy) is 4. The van der Waals surface area contributed by atoms with Crippen molar-refractivity contribution in [1.29, 1.82) is 0 Å². The maximum absolute atomic E-state index is 12.7. The third kappa shape index (κ3) is 25.5. The Morgan fingerprint density at radius 3 is 1.82 bits per heavy atom. The van der Waals surface area contributed by atoms with Crippen molar-refractivity contribution in [3.63, 3.8) is 0 Å². The molecule has 294 valence electrons. The number of hydrogen-bond acceptors (Lipinski definition) is 9. The van der Waals surface area contributed by atoms with Crippen LogP contribution in [0.4, 0.5) is 0 Å². The van der Waals surface area contributed by atoms with Crippen LogP contribution in [0.5, 0.6) is 0 Å². The second-order valence-electron chi connectivity index (χ2n) is 13.3. The summed E-state index contributed by atoms with van der Waals surface area (Å²) in [6.45, 7) is 4.25. The van der Waals surface area contributed by atoms with Crippen molar-refractivity contribution in [2.24, 2.45) is 0 Å². The van der Waals surface area contributed by atoms with Crippen molar-refractivity contribution in [2.45, 2.75) is 173 Å². The Morgan fingerprint density at radius 2 is 1.20 bits per heavy atom. The average Bonchev–Trinajstić information content (AvgIpc) is 3.13. The van der Waals surface area contributed by atoms with Gasteiger partial charge in [-0.1, -0.05) is 120 Å². The first-order valence-corrected chi connectivity index (χ1v) is 19.9. The van der Waals surface area contributed by atoms with Crippen LogP contribution in [-0.4, -0.2) is 89.6 Å². The van der Waals surface area contributed by atoms with Crippen LogP contribution in [-0.2, 0) is 23.7 Å². The van der Waals surface area contributed by atoms with Crippen LogP contribution >= 0.6 is 0 Å². The van der Waals surface area contributed by atoms with Gasteiger partial charge in [0.15, 0.2) is 6.29 Å². The number of aliphatic hydroxyl groups is 4. The Balaban J connectivity index is 2.38. The van der Waals surface area contributed by atoms with E-state index in [4.69, 9.17) is 18.9 Å². The van der Waals surface area contributed by atoms with Gasteiger partial charge in [0.1, 0.15) is 30.5 Å². The van der Waals surface area contributed by atoms with Gasteiger partial charge >= 0.3 is 5.97 Å². The number of carbonyl (C=O) groups excluding carboxylic acids is 1. The normalized spacial score (nSPS) is 22.0. The summed E-state index contributed by atoms with van der Waals surface area (Å²) in [5, 5.41) is 40.0. The van der Waals surface area contributed by atoms with E-state index in [1.807, 2.05) is 0 Å². The largest absolute Gasteiger partial charge is 0.457 e. The van der Waals surface area contributed by atoms with E-state index in [2.05, 4.69) is 74.6 Å². The van der Waals surface area contributed by atoms with Gasteiger partial charge in [0, 0.05) is 13.0 Å². The van der Waals surface area contributed by atoms with Crippen LogP contribution in [0.25, 0.3) is 0 Å². The van der Waals surface area contributed by atoms with Crippen molar-refractivity contribution in [3.05, 3.63) is 60.8 Å². The molecule has 0 aliphatic carbocycles.